The van der Waals surface area contributed by atoms with Crippen LogP contribution in [0.5, 0.6) is 0 Å². The molecule has 29 heavy (non-hydrogen) atoms. The Kier molecular flexibility index (Phi) is 6.34. The van der Waals surface area contributed by atoms with Crippen molar-refractivity contribution in [1.29, 1.82) is 0 Å². The first-order valence-corrected chi connectivity index (χ1v) is 9.94. The topological polar surface area (TPSA) is 67.6 Å². The summed E-state index contributed by atoms with van der Waals surface area (Å²) in [6, 6.07) is 22.0. The average molecular weight is 391 g/mol. The zero-order chi connectivity index (χ0) is 19.9. The zero-order valence-corrected chi connectivity index (χ0v) is 16.3. The molecule has 0 bridgehead atoms. The van der Waals surface area contributed by atoms with Gasteiger partial charge in [0, 0.05) is 31.3 Å². The molecule has 1 aliphatic rings. The van der Waals surface area contributed by atoms with Crippen molar-refractivity contribution in [2.24, 2.45) is 0 Å². The van der Waals surface area contributed by atoms with Crippen LogP contribution in [0.3, 0.4) is 0 Å². The van der Waals surface area contributed by atoms with E-state index in [2.05, 4.69) is 27.5 Å². The first-order chi connectivity index (χ1) is 14.3. The fraction of sp³-hybridized carbons (Fsp3) is 0.304. The van der Waals surface area contributed by atoms with Crippen LogP contribution in [-0.4, -0.2) is 48.8 Å². The summed E-state index contributed by atoms with van der Waals surface area (Å²) < 4.78 is 10.8. The van der Waals surface area contributed by atoms with Gasteiger partial charge in [-0.1, -0.05) is 65.8 Å². The van der Waals surface area contributed by atoms with Crippen molar-refractivity contribution in [1.82, 2.24) is 15.4 Å². The molecule has 1 amide bonds. The SMILES string of the molecule is O=C(Cc1cc(-c2ccccc2)no1)NCC(c1ccccc1)N1CCOCC1. The van der Waals surface area contributed by atoms with Gasteiger partial charge in [0.15, 0.2) is 0 Å². The van der Waals surface area contributed by atoms with Crippen molar-refractivity contribution >= 4 is 5.91 Å². The highest BCUT2D eigenvalue weighted by Crippen LogP contribution is 2.22. The second-order valence-electron chi connectivity index (χ2n) is 7.10. The second kappa shape index (κ2) is 9.49. The number of benzene rings is 2. The van der Waals surface area contributed by atoms with Gasteiger partial charge in [-0.25, -0.2) is 0 Å². The second-order valence-corrected chi connectivity index (χ2v) is 7.10. The highest BCUT2D eigenvalue weighted by molar-refractivity contribution is 5.78. The number of amides is 1. The third-order valence-corrected chi connectivity index (χ3v) is 5.13. The molecular weight excluding hydrogens is 366 g/mol. The number of rotatable bonds is 7. The third kappa shape index (κ3) is 5.10. The van der Waals surface area contributed by atoms with Crippen LogP contribution < -0.4 is 5.32 Å². The van der Waals surface area contributed by atoms with Crippen LogP contribution in [0.1, 0.15) is 17.4 Å². The Morgan fingerprint density at radius 2 is 1.72 bits per heavy atom. The summed E-state index contributed by atoms with van der Waals surface area (Å²) in [5.41, 5.74) is 2.91. The monoisotopic (exact) mass is 391 g/mol. The van der Waals surface area contributed by atoms with E-state index in [0.29, 0.717) is 12.3 Å². The van der Waals surface area contributed by atoms with E-state index in [1.807, 2.05) is 54.6 Å². The molecule has 1 aliphatic heterocycles. The minimum atomic E-state index is -0.0741. The Hall–Kier alpha value is -2.96. The van der Waals surface area contributed by atoms with E-state index in [0.717, 1.165) is 37.6 Å². The standard InChI is InChI=1S/C23H25N3O3/c27-23(16-20-15-21(25-29-20)18-7-3-1-4-8-18)24-17-22(19-9-5-2-6-10-19)26-11-13-28-14-12-26/h1-10,15,22H,11-14,16-17H2,(H,24,27). The van der Waals surface area contributed by atoms with Crippen LogP contribution in [0, 0.1) is 0 Å². The lowest BCUT2D eigenvalue weighted by Crippen LogP contribution is -2.44. The van der Waals surface area contributed by atoms with E-state index in [1.165, 1.54) is 5.56 Å². The normalized spacial score (nSPS) is 15.7. The minimum Gasteiger partial charge on any atom is -0.379 e. The van der Waals surface area contributed by atoms with Gasteiger partial charge in [0.25, 0.3) is 0 Å². The van der Waals surface area contributed by atoms with Gasteiger partial charge in [-0.05, 0) is 5.56 Å². The van der Waals surface area contributed by atoms with Gasteiger partial charge < -0.3 is 14.6 Å². The molecular formula is C23H25N3O3. The van der Waals surface area contributed by atoms with Crippen LogP contribution in [0.2, 0.25) is 0 Å². The van der Waals surface area contributed by atoms with Crippen molar-refractivity contribution in [3.05, 3.63) is 78.1 Å². The minimum absolute atomic E-state index is 0.0741. The molecule has 4 rings (SSSR count). The summed E-state index contributed by atoms with van der Waals surface area (Å²) in [6.45, 7) is 3.70. The number of morpholine rings is 1. The lowest BCUT2D eigenvalue weighted by atomic mass is 10.0. The van der Waals surface area contributed by atoms with Crippen LogP contribution >= 0.6 is 0 Å². The van der Waals surface area contributed by atoms with E-state index in [1.54, 1.807) is 0 Å². The van der Waals surface area contributed by atoms with E-state index < -0.39 is 0 Å². The van der Waals surface area contributed by atoms with Crippen LogP contribution in [0.25, 0.3) is 11.3 Å². The lowest BCUT2D eigenvalue weighted by molar-refractivity contribution is -0.121. The maximum absolute atomic E-state index is 12.5. The lowest BCUT2D eigenvalue weighted by Gasteiger charge is -2.34. The van der Waals surface area contributed by atoms with Crippen molar-refractivity contribution in [3.63, 3.8) is 0 Å². The molecule has 0 aliphatic carbocycles. The van der Waals surface area contributed by atoms with Crippen molar-refractivity contribution < 1.29 is 14.1 Å². The molecule has 6 nitrogen and oxygen atoms in total. The Morgan fingerprint density at radius 1 is 1.03 bits per heavy atom. The number of hydrogen-bond acceptors (Lipinski definition) is 5. The Labute approximate surface area is 170 Å². The van der Waals surface area contributed by atoms with Crippen LogP contribution in [0.4, 0.5) is 0 Å². The summed E-state index contributed by atoms with van der Waals surface area (Å²) >= 11 is 0. The molecule has 1 atom stereocenters. The molecule has 0 saturated carbocycles. The van der Waals surface area contributed by atoms with Crippen molar-refractivity contribution in [3.8, 4) is 11.3 Å². The molecule has 3 aromatic rings. The number of ether oxygens (including phenoxy) is 1. The van der Waals surface area contributed by atoms with Crippen molar-refractivity contribution in [2.45, 2.75) is 12.5 Å². The Balaban J connectivity index is 1.37. The van der Waals surface area contributed by atoms with Gasteiger partial charge in [0.05, 0.1) is 25.7 Å². The number of carbonyl (C=O) groups excluding carboxylic acids is 1. The van der Waals surface area contributed by atoms with Crippen molar-refractivity contribution in [2.75, 3.05) is 32.8 Å². The number of carbonyl (C=O) groups is 1. The quantitative estimate of drug-likeness (QED) is 0.670. The maximum atomic E-state index is 12.5. The Morgan fingerprint density at radius 3 is 2.45 bits per heavy atom. The maximum Gasteiger partial charge on any atom is 0.227 e. The highest BCUT2D eigenvalue weighted by atomic mass is 16.5. The van der Waals surface area contributed by atoms with E-state index in [4.69, 9.17) is 9.26 Å². The number of nitrogens with zero attached hydrogens (tertiary/aromatic N) is 2. The van der Waals surface area contributed by atoms with Gasteiger partial charge >= 0.3 is 0 Å². The van der Waals surface area contributed by atoms with Gasteiger partial charge in [0.2, 0.25) is 5.91 Å². The van der Waals surface area contributed by atoms with E-state index >= 15 is 0 Å². The number of hydrogen-bond donors (Lipinski definition) is 1. The molecule has 1 N–H and O–H groups in total. The first kappa shape index (κ1) is 19.4. The summed E-state index contributed by atoms with van der Waals surface area (Å²) in [5.74, 6) is 0.485. The number of nitrogens with one attached hydrogen (secondary N) is 1. The van der Waals surface area contributed by atoms with Gasteiger partial charge in [0.1, 0.15) is 11.5 Å². The predicted molar refractivity (Wildman–Crippen MR) is 110 cm³/mol. The van der Waals surface area contributed by atoms with Gasteiger partial charge in [-0.15, -0.1) is 0 Å². The molecule has 6 heteroatoms. The summed E-state index contributed by atoms with van der Waals surface area (Å²) in [5, 5.41) is 7.15. The molecule has 1 saturated heterocycles. The molecule has 1 aromatic heterocycles. The summed E-state index contributed by atoms with van der Waals surface area (Å²) in [7, 11) is 0. The summed E-state index contributed by atoms with van der Waals surface area (Å²) in [4.78, 5) is 14.9. The molecule has 1 unspecified atom stereocenters. The Bertz CT molecular complexity index is 905. The van der Waals surface area contributed by atoms with E-state index in [-0.39, 0.29) is 18.4 Å². The molecule has 0 radical (unpaired) electrons. The highest BCUT2D eigenvalue weighted by Gasteiger charge is 2.23. The molecule has 1 fully saturated rings. The fourth-order valence-electron chi connectivity index (χ4n) is 3.59. The first-order valence-electron chi connectivity index (χ1n) is 9.94. The average Bonchev–Trinajstić information content (AvgIpc) is 3.24. The zero-order valence-electron chi connectivity index (χ0n) is 16.3. The van der Waals surface area contributed by atoms with Crippen LogP contribution in [0.15, 0.2) is 71.3 Å². The molecule has 2 heterocycles. The smallest absolute Gasteiger partial charge is 0.227 e. The fourth-order valence-corrected chi connectivity index (χ4v) is 3.59. The predicted octanol–water partition coefficient (Wildman–Crippen LogP) is 3.07. The third-order valence-electron chi connectivity index (χ3n) is 5.13. The largest absolute Gasteiger partial charge is 0.379 e. The molecule has 2 aromatic carbocycles. The van der Waals surface area contributed by atoms with Crippen LogP contribution in [-0.2, 0) is 16.0 Å². The van der Waals surface area contributed by atoms with Gasteiger partial charge in [-0.2, -0.15) is 0 Å². The number of aromatic nitrogens is 1. The molecule has 150 valence electrons. The summed E-state index contributed by atoms with van der Waals surface area (Å²) in [6.07, 6.45) is 0.171. The van der Waals surface area contributed by atoms with E-state index in [9.17, 15) is 4.79 Å². The van der Waals surface area contributed by atoms with Gasteiger partial charge in [-0.3, -0.25) is 9.69 Å². The molecule has 0 spiro atoms.